The van der Waals surface area contributed by atoms with Gasteiger partial charge in [-0.3, -0.25) is 0 Å². The smallest absolute Gasteiger partial charge is 0.0852 e. The van der Waals surface area contributed by atoms with Crippen molar-refractivity contribution in [2.45, 2.75) is 19.4 Å². The standard InChI is InChI=1S/C26H21ClNO/c1-26(2,29)24-9-4-3-8-23(24)20-7-5-6-18(16-20)10-14-22-15-12-19-11-13-21(27)17-25(19)28-22/h3-8,10-17,29H,1-2H3. The molecule has 2 nitrogen and oxygen atoms in total. The zero-order chi connectivity index (χ0) is 20.4. The summed E-state index contributed by atoms with van der Waals surface area (Å²) in [7, 11) is 0. The largest absolute Gasteiger partial charge is 0.386 e. The first kappa shape index (κ1) is 19.4. The number of fused-ring (bicyclic) bond motifs is 1. The van der Waals surface area contributed by atoms with E-state index in [0.29, 0.717) is 5.02 Å². The van der Waals surface area contributed by atoms with Gasteiger partial charge in [-0.05, 0) is 72.5 Å². The second-order valence-electron chi connectivity index (χ2n) is 7.55. The Bertz CT molecular complexity index is 1200. The number of pyridine rings is 1. The molecule has 1 aromatic heterocycles. The summed E-state index contributed by atoms with van der Waals surface area (Å²) in [5.74, 6) is 0. The molecule has 0 aliphatic carbocycles. The maximum Gasteiger partial charge on any atom is 0.0852 e. The van der Waals surface area contributed by atoms with Gasteiger partial charge in [-0.1, -0.05) is 66.2 Å². The molecule has 143 valence electrons. The summed E-state index contributed by atoms with van der Waals surface area (Å²) in [6.45, 7) is 3.56. The average molecular weight is 399 g/mol. The summed E-state index contributed by atoms with van der Waals surface area (Å²) in [4.78, 5) is 4.67. The molecule has 0 atom stereocenters. The number of aromatic nitrogens is 1. The molecule has 0 saturated carbocycles. The predicted octanol–water partition coefficient (Wildman–Crippen LogP) is 6.75. The molecule has 0 saturated heterocycles. The van der Waals surface area contributed by atoms with Gasteiger partial charge in [0.05, 0.1) is 16.8 Å². The average Bonchev–Trinajstić information content (AvgIpc) is 2.71. The summed E-state index contributed by atoms with van der Waals surface area (Å²) in [5.41, 5.74) is 4.65. The van der Waals surface area contributed by atoms with E-state index >= 15 is 0 Å². The third-order valence-electron chi connectivity index (χ3n) is 4.79. The van der Waals surface area contributed by atoms with Crippen LogP contribution in [0.3, 0.4) is 0 Å². The maximum absolute atomic E-state index is 10.5. The van der Waals surface area contributed by atoms with Crippen molar-refractivity contribution in [1.82, 2.24) is 4.98 Å². The van der Waals surface area contributed by atoms with E-state index in [4.69, 9.17) is 11.6 Å². The molecule has 0 fully saturated rings. The fourth-order valence-corrected chi connectivity index (χ4v) is 3.54. The highest BCUT2D eigenvalue weighted by Crippen LogP contribution is 2.31. The Balaban J connectivity index is 1.67. The molecular weight excluding hydrogens is 378 g/mol. The Hall–Kier alpha value is -2.94. The van der Waals surface area contributed by atoms with Crippen LogP contribution < -0.4 is 0 Å². The van der Waals surface area contributed by atoms with Crippen LogP contribution in [0.2, 0.25) is 5.02 Å². The van der Waals surface area contributed by atoms with Crippen molar-refractivity contribution < 1.29 is 5.11 Å². The lowest BCUT2D eigenvalue weighted by atomic mass is 9.89. The molecule has 0 unspecified atom stereocenters. The zero-order valence-corrected chi connectivity index (χ0v) is 17.1. The number of benzene rings is 3. The quantitative estimate of drug-likeness (QED) is 0.412. The van der Waals surface area contributed by atoms with E-state index in [1.807, 2.05) is 78.9 Å². The Morgan fingerprint density at radius 3 is 2.62 bits per heavy atom. The number of rotatable bonds is 4. The Morgan fingerprint density at radius 2 is 1.79 bits per heavy atom. The Morgan fingerprint density at radius 1 is 0.966 bits per heavy atom. The molecule has 4 aromatic rings. The van der Waals surface area contributed by atoms with Crippen LogP contribution >= 0.6 is 11.6 Å². The van der Waals surface area contributed by atoms with Crippen molar-refractivity contribution in [3.63, 3.8) is 0 Å². The van der Waals surface area contributed by atoms with Crippen LogP contribution in [0.4, 0.5) is 0 Å². The van der Waals surface area contributed by atoms with E-state index in [9.17, 15) is 5.11 Å². The van der Waals surface area contributed by atoms with Gasteiger partial charge in [-0.15, -0.1) is 0 Å². The highest BCUT2D eigenvalue weighted by molar-refractivity contribution is 6.31. The molecule has 0 spiro atoms. The van der Waals surface area contributed by atoms with Crippen molar-refractivity contribution in [2.75, 3.05) is 0 Å². The Labute approximate surface area is 176 Å². The topological polar surface area (TPSA) is 33.1 Å². The second kappa shape index (κ2) is 7.82. The van der Waals surface area contributed by atoms with Gasteiger partial charge in [0.1, 0.15) is 0 Å². The molecule has 0 aliphatic rings. The lowest BCUT2D eigenvalue weighted by Crippen LogP contribution is -2.16. The molecule has 0 aliphatic heterocycles. The van der Waals surface area contributed by atoms with Gasteiger partial charge in [-0.2, -0.15) is 0 Å². The van der Waals surface area contributed by atoms with Crippen LogP contribution in [-0.2, 0) is 5.60 Å². The van der Waals surface area contributed by atoms with Gasteiger partial charge in [0, 0.05) is 10.4 Å². The van der Waals surface area contributed by atoms with E-state index in [2.05, 4.69) is 17.1 Å². The van der Waals surface area contributed by atoms with Gasteiger partial charge in [0.25, 0.3) is 0 Å². The van der Waals surface area contributed by atoms with Crippen LogP contribution in [0.1, 0.15) is 30.7 Å². The first-order valence-corrected chi connectivity index (χ1v) is 9.86. The summed E-state index contributed by atoms with van der Waals surface area (Å²) in [5, 5.41) is 12.2. The molecule has 3 heteroatoms. The monoisotopic (exact) mass is 398 g/mol. The Kier molecular flexibility index (Phi) is 5.23. The van der Waals surface area contributed by atoms with Crippen LogP contribution in [-0.4, -0.2) is 10.1 Å². The van der Waals surface area contributed by atoms with E-state index in [0.717, 1.165) is 38.9 Å². The third kappa shape index (κ3) is 4.40. The molecule has 1 heterocycles. The normalized spacial score (nSPS) is 12.0. The SMILES string of the molecule is CC(C)(O)c1[c]cccc1-c1cccc(C=Cc2ccc3ccc(Cl)cc3n2)c1. The minimum atomic E-state index is -0.960. The van der Waals surface area contributed by atoms with E-state index in [-0.39, 0.29) is 0 Å². The minimum absolute atomic E-state index is 0.682. The van der Waals surface area contributed by atoms with Gasteiger partial charge in [0.15, 0.2) is 0 Å². The third-order valence-corrected chi connectivity index (χ3v) is 5.02. The van der Waals surface area contributed by atoms with Crippen LogP contribution in [0.15, 0.2) is 72.8 Å². The number of nitrogens with zero attached hydrogens (tertiary/aromatic N) is 1. The highest BCUT2D eigenvalue weighted by Gasteiger charge is 2.20. The lowest BCUT2D eigenvalue weighted by molar-refractivity contribution is 0.0789. The van der Waals surface area contributed by atoms with E-state index < -0.39 is 5.60 Å². The number of halogens is 1. The number of hydrogen-bond donors (Lipinski definition) is 1. The van der Waals surface area contributed by atoms with Gasteiger partial charge in [-0.25, -0.2) is 4.98 Å². The number of hydrogen-bond acceptors (Lipinski definition) is 2. The first-order chi connectivity index (χ1) is 13.9. The predicted molar refractivity (Wildman–Crippen MR) is 122 cm³/mol. The highest BCUT2D eigenvalue weighted by atomic mass is 35.5. The van der Waals surface area contributed by atoms with Gasteiger partial charge < -0.3 is 5.11 Å². The van der Waals surface area contributed by atoms with Crippen molar-refractivity contribution in [2.24, 2.45) is 0 Å². The summed E-state index contributed by atoms with van der Waals surface area (Å²) in [6.07, 6.45) is 4.03. The molecule has 3 aromatic carbocycles. The van der Waals surface area contributed by atoms with Crippen molar-refractivity contribution in [3.8, 4) is 11.1 Å². The van der Waals surface area contributed by atoms with Crippen LogP contribution in [0.5, 0.6) is 0 Å². The molecule has 1 N–H and O–H groups in total. The zero-order valence-electron chi connectivity index (χ0n) is 16.4. The molecule has 1 radical (unpaired) electrons. The lowest BCUT2D eigenvalue weighted by Gasteiger charge is -2.21. The maximum atomic E-state index is 10.5. The molecule has 29 heavy (non-hydrogen) atoms. The van der Waals surface area contributed by atoms with Crippen LogP contribution in [0, 0.1) is 6.07 Å². The molecule has 4 rings (SSSR count). The van der Waals surface area contributed by atoms with E-state index in [1.165, 1.54) is 0 Å². The summed E-state index contributed by atoms with van der Waals surface area (Å²) < 4.78 is 0. The van der Waals surface area contributed by atoms with E-state index in [1.54, 1.807) is 13.8 Å². The van der Waals surface area contributed by atoms with Crippen molar-refractivity contribution in [3.05, 3.63) is 101 Å². The molecular formula is C26H21ClNO. The molecule has 0 amide bonds. The summed E-state index contributed by atoms with van der Waals surface area (Å²) >= 11 is 6.09. The second-order valence-corrected chi connectivity index (χ2v) is 7.99. The summed E-state index contributed by atoms with van der Waals surface area (Å²) in [6, 6.07) is 26.9. The fraction of sp³-hybridized carbons (Fsp3) is 0.115. The van der Waals surface area contributed by atoms with Gasteiger partial charge in [0.2, 0.25) is 0 Å². The van der Waals surface area contributed by atoms with Crippen molar-refractivity contribution >= 4 is 34.7 Å². The van der Waals surface area contributed by atoms with Crippen molar-refractivity contribution in [1.29, 1.82) is 0 Å². The molecule has 0 bridgehead atoms. The van der Waals surface area contributed by atoms with Crippen LogP contribution in [0.25, 0.3) is 34.2 Å². The fourth-order valence-electron chi connectivity index (χ4n) is 3.37. The number of aliphatic hydroxyl groups is 1. The first-order valence-electron chi connectivity index (χ1n) is 9.48. The van der Waals surface area contributed by atoms with Gasteiger partial charge >= 0.3 is 0 Å². The minimum Gasteiger partial charge on any atom is -0.386 e.